The number of pyridine rings is 1. The molecule has 2 aliphatic heterocycles. The summed E-state index contributed by atoms with van der Waals surface area (Å²) in [5.74, 6) is 0.178. The predicted molar refractivity (Wildman–Crippen MR) is 114 cm³/mol. The van der Waals surface area contributed by atoms with Crippen LogP contribution >= 0.6 is 0 Å². The summed E-state index contributed by atoms with van der Waals surface area (Å²) < 4.78 is 19.2. The third kappa shape index (κ3) is 4.48. The Morgan fingerprint density at radius 2 is 2.03 bits per heavy atom. The average molecular weight is 412 g/mol. The van der Waals surface area contributed by atoms with Crippen LogP contribution in [0.4, 0.5) is 4.39 Å². The minimum atomic E-state index is -0.320. The lowest BCUT2D eigenvalue weighted by atomic mass is 9.86. The van der Waals surface area contributed by atoms with Gasteiger partial charge in [0.05, 0.1) is 7.11 Å². The Morgan fingerprint density at radius 3 is 2.77 bits per heavy atom. The number of nitrogens with zero attached hydrogens (tertiary/aromatic N) is 3. The van der Waals surface area contributed by atoms with E-state index in [-0.39, 0.29) is 23.0 Å². The maximum absolute atomic E-state index is 14.1. The van der Waals surface area contributed by atoms with Gasteiger partial charge in [0.25, 0.3) is 0 Å². The first-order valence-corrected chi connectivity index (χ1v) is 10.8. The molecule has 0 N–H and O–H groups in total. The Bertz CT molecular complexity index is 876. The zero-order chi connectivity index (χ0) is 21.0. The van der Waals surface area contributed by atoms with Gasteiger partial charge < -0.3 is 9.64 Å². The Kier molecular flexibility index (Phi) is 6.32. The van der Waals surface area contributed by atoms with Crippen LogP contribution in [-0.2, 0) is 17.8 Å². The van der Waals surface area contributed by atoms with E-state index in [4.69, 9.17) is 4.74 Å². The van der Waals surface area contributed by atoms with Crippen LogP contribution in [0.5, 0.6) is 5.75 Å². The monoisotopic (exact) mass is 411 g/mol. The van der Waals surface area contributed by atoms with Crippen LogP contribution in [0, 0.1) is 5.82 Å². The first kappa shape index (κ1) is 20.8. The number of likely N-dealkylation sites (tertiary alicyclic amines) is 2. The lowest BCUT2D eigenvalue weighted by molar-refractivity contribution is -0.135. The fourth-order valence-electron chi connectivity index (χ4n) is 5.01. The number of benzene rings is 1. The van der Waals surface area contributed by atoms with Gasteiger partial charge in [-0.3, -0.25) is 14.7 Å². The van der Waals surface area contributed by atoms with E-state index in [0.29, 0.717) is 13.0 Å². The predicted octanol–water partition coefficient (Wildman–Crippen LogP) is 3.82. The second kappa shape index (κ2) is 9.13. The molecule has 1 unspecified atom stereocenters. The van der Waals surface area contributed by atoms with Crippen molar-refractivity contribution in [3.8, 4) is 5.75 Å². The number of piperidine rings is 1. The fraction of sp³-hybridized carbons (Fsp3) is 0.500. The van der Waals surface area contributed by atoms with Crippen molar-refractivity contribution in [3.63, 3.8) is 0 Å². The molecular formula is C24H30FN3O2. The molecule has 5 nitrogen and oxygen atoms in total. The number of carbonyl (C=O) groups excluding carboxylic acids is 1. The topological polar surface area (TPSA) is 45.7 Å². The second-order valence-electron chi connectivity index (χ2n) is 8.50. The van der Waals surface area contributed by atoms with Crippen molar-refractivity contribution in [1.82, 2.24) is 14.8 Å². The highest BCUT2D eigenvalue weighted by atomic mass is 19.1. The average Bonchev–Trinajstić information content (AvgIpc) is 3.14. The van der Waals surface area contributed by atoms with Crippen molar-refractivity contribution in [2.45, 2.75) is 50.6 Å². The number of ether oxygens (including phenoxy) is 1. The molecule has 2 fully saturated rings. The van der Waals surface area contributed by atoms with E-state index in [1.54, 1.807) is 18.3 Å². The number of carbonyl (C=O) groups is 1. The number of amides is 1. The van der Waals surface area contributed by atoms with Crippen molar-refractivity contribution < 1.29 is 13.9 Å². The summed E-state index contributed by atoms with van der Waals surface area (Å²) in [4.78, 5) is 21.6. The van der Waals surface area contributed by atoms with Gasteiger partial charge in [-0.15, -0.1) is 0 Å². The molecule has 0 saturated carbocycles. The first-order chi connectivity index (χ1) is 14.6. The van der Waals surface area contributed by atoms with Crippen molar-refractivity contribution >= 4 is 5.91 Å². The van der Waals surface area contributed by atoms with E-state index in [1.807, 2.05) is 29.3 Å². The molecule has 2 aromatic rings. The molecular weight excluding hydrogens is 381 g/mol. The third-order valence-electron chi connectivity index (χ3n) is 6.59. The maximum atomic E-state index is 14.1. The lowest BCUT2D eigenvalue weighted by Crippen LogP contribution is -2.56. The summed E-state index contributed by atoms with van der Waals surface area (Å²) in [6, 6.07) is 9.14. The summed E-state index contributed by atoms with van der Waals surface area (Å²) in [5.41, 5.74) is 2.06. The fourth-order valence-corrected chi connectivity index (χ4v) is 5.01. The van der Waals surface area contributed by atoms with E-state index in [0.717, 1.165) is 62.9 Å². The van der Waals surface area contributed by atoms with Gasteiger partial charge in [0.2, 0.25) is 5.91 Å². The number of aryl methyl sites for hydroxylation is 1. The van der Waals surface area contributed by atoms with Gasteiger partial charge in [0.1, 0.15) is 0 Å². The standard InChI is InChI=1S/C24H30FN3O2/c1-30-22-8-6-20(15-21(22)25)17-28-14-4-11-24(28)10-3-13-27(18-24)23(29)9-7-19-5-2-12-26-16-19/h2,5-6,8,12,15-16H,3-4,7,9-11,13-14,17-18H2,1H3. The molecule has 1 aromatic heterocycles. The van der Waals surface area contributed by atoms with Crippen molar-refractivity contribution in [2.24, 2.45) is 0 Å². The molecule has 2 saturated heterocycles. The summed E-state index contributed by atoms with van der Waals surface area (Å²) >= 11 is 0. The first-order valence-electron chi connectivity index (χ1n) is 10.8. The summed E-state index contributed by atoms with van der Waals surface area (Å²) in [6.45, 7) is 3.31. The van der Waals surface area contributed by atoms with Gasteiger partial charge in [0, 0.05) is 44.0 Å². The molecule has 2 aliphatic rings. The molecule has 1 aromatic carbocycles. The normalized spacial score (nSPS) is 21.9. The summed E-state index contributed by atoms with van der Waals surface area (Å²) in [6.07, 6.45) is 9.16. The summed E-state index contributed by atoms with van der Waals surface area (Å²) in [7, 11) is 1.48. The third-order valence-corrected chi connectivity index (χ3v) is 6.59. The molecule has 3 heterocycles. The van der Waals surface area contributed by atoms with E-state index in [9.17, 15) is 9.18 Å². The molecule has 1 atom stereocenters. The van der Waals surface area contributed by atoms with Gasteiger partial charge in [0.15, 0.2) is 11.6 Å². The molecule has 6 heteroatoms. The number of rotatable bonds is 6. The van der Waals surface area contributed by atoms with Gasteiger partial charge >= 0.3 is 0 Å². The number of hydrogen-bond acceptors (Lipinski definition) is 4. The van der Waals surface area contributed by atoms with E-state index >= 15 is 0 Å². The highest BCUT2D eigenvalue weighted by Gasteiger charge is 2.44. The number of aromatic nitrogens is 1. The largest absolute Gasteiger partial charge is 0.494 e. The van der Waals surface area contributed by atoms with Crippen molar-refractivity contribution in [3.05, 3.63) is 59.7 Å². The van der Waals surface area contributed by atoms with Crippen LogP contribution in [0.15, 0.2) is 42.7 Å². The van der Waals surface area contributed by atoms with Crippen LogP contribution in [0.1, 0.15) is 43.2 Å². The van der Waals surface area contributed by atoms with Crippen LogP contribution in [-0.4, -0.2) is 53.0 Å². The summed E-state index contributed by atoms with van der Waals surface area (Å²) in [5, 5.41) is 0. The maximum Gasteiger partial charge on any atom is 0.222 e. The van der Waals surface area contributed by atoms with Crippen LogP contribution in [0.25, 0.3) is 0 Å². The SMILES string of the molecule is COc1ccc(CN2CCCC23CCCN(C(=O)CCc2cccnc2)C3)cc1F. The zero-order valence-electron chi connectivity index (χ0n) is 17.6. The minimum Gasteiger partial charge on any atom is -0.494 e. The molecule has 1 amide bonds. The molecule has 0 aliphatic carbocycles. The van der Waals surface area contributed by atoms with Crippen LogP contribution < -0.4 is 4.74 Å². The molecule has 4 rings (SSSR count). The quantitative estimate of drug-likeness (QED) is 0.725. The van der Waals surface area contributed by atoms with Crippen molar-refractivity contribution in [2.75, 3.05) is 26.7 Å². The van der Waals surface area contributed by atoms with E-state index in [1.165, 1.54) is 7.11 Å². The van der Waals surface area contributed by atoms with Crippen LogP contribution in [0.3, 0.4) is 0 Å². The highest BCUT2D eigenvalue weighted by molar-refractivity contribution is 5.76. The minimum absolute atomic E-state index is 0.0125. The van der Waals surface area contributed by atoms with Crippen molar-refractivity contribution in [1.29, 1.82) is 0 Å². The van der Waals surface area contributed by atoms with Gasteiger partial charge in [-0.05, 0) is 68.0 Å². The second-order valence-corrected chi connectivity index (χ2v) is 8.50. The Labute approximate surface area is 177 Å². The Balaban J connectivity index is 1.41. The lowest BCUT2D eigenvalue weighted by Gasteiger charge is -2.46. The van der Waals surface area contributed by atoms with E-state index in [2.05, 4.69) is 9.88 Å². The van der Waals surface area contributed by atoms with Gasteiger partial charge in [-0.1, -0.05) is 12.1 Å². The molecule has 30 heavy (non-hydrogen) atoms. The highest BCUT2D eigenvalue weighted by Crippen LogP contribution is 2.38. The van der Waals surface area contributed by atoms with Crippen LogP contribution in [0.2, 0.25) is 0 Å². The number of methoxy groups -OCH3 is 1. The smallest absolute Gasteiger partial charge is 0.222 e. The molecule has 1 spiro atoms. The number of halogens is 1. The van der Waals surface area contributed by atoms with Gasteiger partial charge in [-0.2, -0.15) is 0 Å². The van der Waals surface area contributed by atoms with Gasteiger partial charge in [-0.25, -0.2) is 4.39 Å². The Hall–Kier alpha value is -2.47. The molecule has 0 bridgehead atoms. The Morgan fingerprint density at radius 1 is 1.20 bits per heavy atom. The molecule has 0 radical (unpaired) electrons. The molecule has 160 valence electrons. The van der Waals surface area contributed by atoms with E-state index < -0.39 is 0 Å². The zero-order valence-corrected chi connectivity index (χ0v) is 17.6. The number of hydrogen-bond donors (Lipinski definition) is 0.